The highest BCUT2D eigenvalue weighted by Gasteiger charge is 2.44. The van der Waals surface area contributed by atoms with E-state index in [0.717, 1.165) is 28.2 Å². The van der Waals surface area contributed by atoms with Crippen molar-refractivity contribution < 1.29 is 9.59 Å². The quantitative estimate of drug-likeness (QED) is 0.789. The van der Waals surface area contributed by atoms with E-state index in [2.05, 4.69) is 18.8 Å². The summed E-state index contributed by atoms with van der Waals surface area (Å²) >= 11 is 0. The van der Waals surface area contributed by atoms with Crippen LogP contribution in [0.5, 0.6) is 0 Å². The van der Waals surface area contributed by atoms with Crippen LogP contribution in [-0.2, 0) is 9.59 Å². The van der Waals surface area contributed by atoms with Gasteiger partial charge in [0.2, 0.25) is 5.91 Å². The molecule has 1 atom stereocenters. The molecule has 0 fully saturated rings. The molecule has 1 aromatic heterocycles. The molecule has 0 spiro atoms. The first kappa shape index (κ1) is 17.7. The molecule has 0 N–H and O–H groups in total. The lowest BCUT2D eigenvalue weighted by molar-refractivity contribution is -0.121. The summed E-state index contributed by atoms with van der Waals surface area (Å²) in [7, 11) is 0. The maximum Gasteiger partial charge on any atom is 0.232 e. The molecule has 0 saturated carbocycles. The third-order valence-corrected chi connectivity index (χ3v) is 5.45. The minimum Gasteiger partial charge on any atom is -0.294 e. The number of benzene rings is 1. The van der Waals surface area contributed by atoms with Crippen LogP contribution in [0.3, 0.4) is 0 Å². The average molecular weight is 360 g/mol. The second kappa shape index (κ2) is 6.45. The number of carbonyl (C=O) groups is 2. The highest BCUT2D eigenvalue weighted by Crippen LogP contribution is 2.47. The molecule has 4 nitrogen and oxygen atoms in total. The van der Waals surface area contributed by atoms with Gasteiger partial charge in [-0.05, 0) is 48.6 Å². The van der Waals surface area contributed by atoms with Crippen LogP contribution >= 0.6 is 0 Å². The number of aryl methyl sites for hydroxylation is 1. The lowest BCUT2D eigenvalue weighted by Gasteiger charge is -2.42. The SMILES string of the molecule is Cc1cccc(N2C(=O)CC(c3ccccn3)C3=C2CC(C)(C)CC3=O)c1. The number of rotatable bonds is 2. The molecule has 0 radical (unpaired) electrons. The number of hydrogen-bond acceptors (Lipinski definition) is 3. The van der Waals surface area contributed by atoms with Gasteiger partial charge in [0.25, 0.3) is 0 Å². The average Bonchev–Trinajstić information content (AvgIpc) is 2.60. The number of pyridine rings is 1. The molecule has 1 aliphatic carbocycles. The number of aromatic nitrogens is 1. The Morgan fingerprint density at radius 1 is 1.07 bits per heavy atom. The number of anilines is 1. The number of carbonyl (C=O) groups excluding carboxylic acids is 2. The number of Topliss-reactive ketones (excluding diaryl/α,β-unsaturated/α-hetero) is 1. The molecule has 1 aliphatic heterocycles. The monoisotopic (exact) mass is 360 g/mol. The molecule has 2 aromatic rings. The summed E-state index contributed by atoms with van der Waals surface area (Å²) in [5, 5.41) is 0. The molecule has 2 aliphatic rings. The predicted octanol–water partition coefficient (Wildman–Crippen LogP) is 4.55. The van der Waals surface area contributed by atoms with Crippen LogP contribution in [0.1, 0.15) is 50.3 Å². The van der Waals surface area contributed by atoms with Crippen LogP contribution in [0.25, 0.3) is 0 Å². The van der Waals surface area contributed by atoms with Gasteiger partial charge in [-0.15, -0.1) is 0 Å². The number of ketones is 1. The molecular formula is C23H24N2O2. The van der Waals surface area contributed by atoms with Gasteiger partial charge < -0.3 is 0 Å². The third-order valence-electron chi connectivity index (χ3n) is 5.45. The molecule has 138 valence electrons. The van der Waals surface area contributed by atoms with Gasteiger partial charge in [-0.3, -0.25) is 19.5 Å². The van der Waals surface area contributed by atoms with Crippen LogP contribution < -0.4 is 4.90 Å². The fourth-order valence-corrected chi connectivity index (χ4v) is 4.32. The van der Waals surface area contributed by atoms with E-state index in [1.54, 1.807) is 11.1 Å². The van der Waals surface area contributed by atoms with Crippen LogP contribution in [-0.4, -0.2) is 16.7 Å². The van der Waals surface area contributed by atoms with Gasteiger partial charge in [0, 0.05) is 47.6 Å². The Kier molecular flexibility index (Phi) is 4.22. The fourth-order valence-electron chi connectivity index (χ4n) is 4.32. The zero-order chi connectivity index (χ0) is 19.2. The molecule has 1 unspecified atom stereocenters. The molecule has 0 bridgehead atoms. The van der Waals surface area contributed by atoms with Crippen molar-refractivity contribution in [2.45, 2.75) is 46.0 Å². The van der Waals surface area contributed by atoms with E-state index in [9.17, 15) is 9.59 Å². The van der Waals surface area contributed by atoms with Gasteiger partial charge in [0.15, 0.2) is 5.78 Å². The first-order chi connectivity index (χ1) is 12.9. The zero-order valence-electron chi connectivity index (χ0n) is 16.0. The maximum atomic E-state index is 13.2. The van der Waals surface area contributed by atoms with Gasteiger partial charge in [0.05, 0.1) is 0 Å². The Morgan fingerprint density at radius 3 is 2.59 bits per heavy atom. The Labute approximate surface area is 159 Å². The van der Waals surface area contributed by atoms with Crippen molar-refractivity contribution in [1.82, 2.24) is 4.98 Å². The third kappa shape index (κ3) is 3.20. The first-order valence-corrected chi connectivity index (χ1v) is 9.42. The fraction of sp³-hybridized carbons (Fsp3) is 0.348. The Hall–Kier alpha value is -2.75. The maximum absolute atomic E-state index is 13.2. The Balaban J connectivity index is 1.91. The Bertz CT molecular complexity index is 944. The second-order valence-corrected chi connectivity index (χ2v) is 8.38. The summed E-state index contributed by atoms with van der Waals surface area (Å²) in [4.78, 5) is 32.6. The number of amides is 1. The minimum atomic E-state index is -0.252. The van der Waals surface area contributed by atoms with Crippen LogP contribution in [0.4, 0.5) is 5.69 Å². The standard InChI is InChI=1S/C23H24N2O2/c1-15-7-6-8-16(11-15)25-19-13-23(2,3)14-20(26)22(19)17(12-21(25)27)18-9-4-5-10-24-18/h4-11,17H,12-14H2,1-3H3. The molecule has 4 rings (SSSR count). The summed E-state index contributed by atoms with van der Waals surface area (Å²) in [6, 6.07) is 13.6. The normalized spacial score (nSPS) is 22.0. The predicted molar refractivity (Wildman–Crippen MR) is 105 cm³/mol. The van der Waals surface area contributed by atoms with E-state index in [1.807, 2.05) is 49.4 Å². The van der Waals surface area contributed by atoms with Gasteiger partial charge in [-0.2, -0.15) is 0 Å². The minimum absolute atomic E-state index is 0.0282. The largest absolute Gasteiger partial charge is 0.294 e. The van der Waals surface area contributed by atoms with Crippen molar-refractivity contribution in [3.8, 4) is 0 Å². The molecule has 27 heavy (non-hydrogen) atoms. The van der Waals surface area contributed by atoms with Crippen molar-refractivity contribution in [3.05, 3.63) is 71.2 Å². The van der Waals surface area contributed by atoms with Crippen molar-refractivity contribution >= 4 is 17.4 Å². The van der Waals surface area contributed by atoms with E-state index in [1.165, 1.54) is 0 Å². The van der Waals surface area contributed by atoms with Gasteiger partial charge in [0.1, 0.15) is 0 Å². The summed E-state index contributed by atoms with van der Waals surface area (Å²) in [6.45, 7) is 6.20. The second-order valence-electron chi connectivity index (χ2n) is 8.38. The molecule has 4 heteroatoms. The number of nitrogens with zero attached hydrogens (tertiary/aromatic N) is 2. The summed E-state index contributed by atoms with van der Waals surface area (Å²) in [5.74, 6) is -0.0825. The van der Waals surface area contributed by atoms with Crippen molar-refractivity contribution in [3.63, 3.8) is 0 Å². The van der Waals surface area contributed by atoms with E-state index >= 15 is 0 Å². The van der Waals surface area contributed by atoms with E-state index in [-0.39, 0.29) is 29.4 Å². The van der Waals surface area contributed by atoms with Gasteiger partial charge in [-0.1, -0.05) is 32.0 Å². The van der Waals surface area contributed by atoms with Crippen molar-refractivity contribution in [2.75, 3.05) is 4.90 Å². The van der Waals surface area contributed by atoms with Crippen LogP contribution in [0.15, 0.2) is 59.9 Å². The zero-order valence-corrected chi connectivity index (χ0v) is 16.0. The first-order valence-electron chi connectivity index (χ1n) is 9.42. The van der Waals surface area contributed by atoms with E-state index in [0.29, 0.717) is 12.8 Å². The summed E-state index contributed by atoms with van der Waals surface area (Å²) < 4.78 is 0. The molecular weight excluding hydrogens is 336 g/mol. The molecule has 1 aromatic carbocycles. The van der Waals surface area contributed by atoms with E-state index in [4.69, 9.17) is 0 Å². The van der Waals surface area contributed by atoms with Gasteiger partial charge >= 0.3 is 0 Å². The number of hydrogen-bond donors (Lipinski definition) is 0. The lowest BCUT2D eigenvalue weighted by atomic mass is 9.70. The smallest absolute Gasteiger partial charge is 0.232 e. The van der Waals surface area contributed by atoms with Crippen molar-refractivity contribution in [1.29, 1.82) is 0 Å². The summed E-state index contributed by atoms with van der Waals surface area (Å²) in [6.07, 6.45) is 3.21. The molecule has 1 amide bonds. The van der Waals surface area contributed by atoms with Crippen molar-refractivity contribution in [2.24, 2.45) is 5.41 Å². The summed E-state index contributed by atoms with van der Waals surface area (Å²) in [5.41, 5.74) is 4.20. The topological polar surface area (TPSA) is 50.3 Å². The molecule has 0 saturated heterocycles. The lowest BCUT2D eigenvalue weighted by Crippen LogP contribution is -2.43. The highest BCUT2D eigenvalue weighted by atomic mass is 16.2. The molecule has 2 heterocycles. The Morgan fingerprint density at radius 2 is 1.89 bits per heavy atom. The van der Waals surface area contributed by atoms with Crippen LogP contribution in [0.2, 0.25) is 0 Å². The van der Waals surface area contributed by atoms with E-state index < -0.39 is 0 Å². The number of allylic oxidation sites excluding steroid dienone is 2. The highest BCUT2D eigenvalue weighted by molar-refractivity contribution is 6.07. The van der Waals surface area contributed by atoms with Crippen LogP contribution in [0, 0.1) is 12.3 Å². The van der Waals surface area contributed by atoms with Gasteiger partial charge in [-0.25, -0.2) is 0 Å².